The molecular weight excluding hydrogens is 400 g/mol. The van der Waals surface area contributed by atoms with E-state index in [1.165, 1.54) is 6.07 Å². The van der Waals surface area contributed by atoms with Crippen LogP contribution in [-0.2, 0) is 0 Å². The van der Waals surface area contributed by atoms with Gasteiger partial charge in [0, 0.05) is 41.4 Å². The number of rotatable bonds is 3. The largest absolute Gasteiger partial charge is 0.439 e. The number of pyridine rings is 3. The second kappa shape index (κ2) is 7.06. The van der Waals surface area contributed by atoms with Gasteiger partial charge < -0.3 is 9.72 Å². The summed E-state index contributed by atoms with van der Waals surface area (Å²) in [6.07, 6.45) is 3.43. The van der Waals surface area contributed by atoms with E-state index in [2.05, 4.69) is 44.6 Å². The summed E-state index contributed by atoms with van der Waals surface area (Å²) >= 11 is 0. The Morgan fingerprint density at radius 2 is 1.78 bits per heavy atom. The molecule has 6 aromatic rings. The fourth-order valence-electron chi connectivity index (χ4n) is 4.11. The predicted octanol–water partition coefficient (Wildman–Crippen LogP) is 5.52. The van der Waals surface area contributed by atoms with Crippen LogP contribution < -0.4 is 10.2 Å². The molecule has 1 N–H and O–H groups in total. The molecule has 0 saturated heterocycles. The lowest BCUT2D eigenvalue weighted by atomic mass is 10.1. The van der Waals surface area contributed by atoms with Crippen molar-refractivity contribution in [2.24, 2.45) is 0 Å². The van der Waals surface area contributed by atoms with E-state index < -0.39 is 0 Å². The summed E-state index contributed by atoms with van der Waals surface area (Å²) < 4.78 is 8.20. The number of hydrogen-bond donors (Lipinski definition) is 1. The first kappa shape index (κ1) is 18.3. The lowest BCUT2D eigenvalue weighted by Gasteiger charge is -2.09. The predicted molar refractivity (Wildman–Crippen MR) is 126 cm³/mol. The summed E-state index contributed by atoms with van der Waals surface area (Å²) in [6.45, 7) is 2.06. The van der Waals surface area contributed by atoms with Gasteiger partial charge in [0.15, 0.2) is 0 Å². The first-order valence-corrected chi connectivity index (χ1v) is 10.3. The quantitative estimate of drug-likeness (QED) is 0.411. The molecule has 0 spiro atoms. The van der Waals surface area contributed by atoms with Gasteiger partial charge >= 0.3 is 0 Å². The average molecular weight is 418 g/mol. The molecule has 154 valence electrons. The molecule has 32 heavy (non-hydrogen) atoms. The van der Waals surface area contributed by atoms with E-state index in [1.54, 1.807) is 18.3 Å². The minimum absolute atomic E-state index is 0.148. The van der Waals surface area contributed by atoms with Crippen molar-refractivity contribution in [2.45, 2.75) is 6.92 Å². The number of benzene rings is 2. The van der Waals surface area contributed by atoms with E-state index in [0.717, 1.165) is 33.2 Å². The molecule has 2 aromatic carbocycles. The monoisotopic (exact) mass is 418 g/mol. The number of fused-ring (bicyclic) bond motifs is 4. The first-order valence-electron chi connectivity index (χ1n) is 10.3. The van der Waals surface area contributed by atoms with Crippen LogP contribution in [0.5, 0.6) is 11.6 Å². The highest BCUT2D eigenvalue weighted by molar-refractivity contribution is 6.09. The lowest BCUT2D eigenvalue weighted by molar-refractivity contribution is 0.465. The number of aromatic amines is 1. The molecule has 0 aliphatic carbocycles. The fourth-order valence-corrected chi connectivity index (χ4v) is 4.11. The molecule has 0 unspecified atom stereocenters. The number of aryl methyl sites for hydroxylation is 1. The molecule has 4 aromatic heterocycles. The second-order valence-electron chi connectivity index (χ2n) is 7.71. The lowest BCUT2D eigenvalue weighted by Crippen LogP contribution is -2.03. The number of hydrogen-bond acceptors (Lipinski definition) is 4. The number of aromatic nitrogens is 4. The van der Waals surface area contributed by atoms with E-state index >= 15 is 0 Å². The van der Waals surface area contributed by atoms with Gasteiger partial charge in [0.2, 0.25) is 11.3 Å². The summed E-state index contributed by atoms with van der Waals surface area (Å²) in [5, 5.41) is 2.26. The Hall–Kier alpha value is -4.45. The van der Waals surface area contributed by atoms with Crippen LogP contribution in [0.4, 0.5) is 0 Å². The van der Waals surface area contributed by atoms with Crippen LogP contribution in [0.2, 0.25) is 0 Å². The van der Waals surface area contributed by atoms with Crippen molar-refractivity contribution >= 4 is 32.8 Å². The molecule has 0 aliphatic heterocycles. The third-order valence-corrected chi connectivity index (χ3v) is 5.57. The maximum atomic E-state index is 12.1. The van der Waals surface area contributed by atoms with E-state index in [1.807, 2.05) is 42.6 Å². The summed E-state index contributed by atoms with van der Waals surface area (Å²) in [4.78, 5) is 24.2. The maximum absolute atomic E-state index is 12.1. The Bertz CT molecular complexity index is 1700. The Balaban J connectivity index is 1.53. The molecule has 0 amide bonds. The van der Waals surface area contributed by atoms with Gasteiger partial charge in [0.25, 0.3) is 0 Å². The van der Waals surface area contributed by atoms with Gasteiger partial charge in [-0.2, -0.15) is 0 Å². The topological polar surface area (TPSA) is 72.8 Å². The van der Waals surface area contributed by atoms with E-state index in [0.29, 0.717) is 22.7 Å². The summed E-state index contributed by atoms with van der Waals surface area (Å²) in [5.41, 5.74) is 4.08. The van der Waals surface area contributed by atoms with Crippen molar-refractivity contribution in [3.8, 4) is 17.4 Å². The van der Waals surface area contributed by atoms with Crippen LogP contribution in [-0.4, -0.2) is 19.5 Å². The van der Waals surface area contributed by atoms with E-state index in [-0.39, 0.29) is 5.43 Å². The molecule has 0 atom stereocenters. The van der Waals surface area contributed by atoms with E-state index in [4.69, 9.17) is 4.74 Å². The van der Waals surface area contributed by atoms with E-state index in [9.17, 15) is 4.79 Å². The standard InChI is InChI=1S/C26H18N4O2/c1-16-10-12-28-24(14-16)30-21-5-3-2-4-18(21)19-7-6-17(15-22(19)30)32-25-9-8-20-26(29-25)23(31)11-13-27-20/h2-15H,1H3,(H,27,31). The average Bonchev–Trinajstić information content (AvgIpc) is 3.13. The molecule has 0 fully saturated rings. The zero-order chi connectivity index (χ0) is 21.7. The van der Waals surface area contributed by atoms with Crippen molar-refractivity contribution in [1.82, 2.24) is 19.5 Å². The minimum atomic E-state index is -0.148. The molecule has 4 heterocycles. The SMILES string of the molecule is Cc1ccnc(-n2c3ccccc3c3ccc(Oc4ccc5[nH]ccc(=O)c5n4)cc32)c1. The van der Waals surface area contributed by atoms with Crippen LogP contribution in [0, 0.1) is 6.92 Å². The highest BCUT2D eigenvalue weighted by Crippen LogP contribution is 2.34. The van der Waals surface area contributed by atoms with Crippen LogP contribution in [0.1, 0.15) is 5.56 Å². The highest BCUT2D eigenvalue weighted by Gasteiger charge is 2.14. The molecule has 0 bridgehead atoms. The van der Waals surface area contributed by atoms with Crippen LogP contribution in [0.3, 0.4) is 0 Å². The number of ether oxygens (including phenoxy) is 1. The van der Waals surface area contributed by atoms with Crippen molar-refractivity contribution in [1.29, 1.82) is 0 Å². The number of nitrogens with zero attached hydrogens (tertiary/aromatic N) is 3. The third kappa shape index (κ3) is 2.93. The minimum Gasteiger partial charge on any atom is -0.439 e. The maximum Gasteiger partial charge on any atom is 0.220 e. The second-order valence-corrected chi connectivity index (χ2v) is 7.71. The molecule has 6 rings (SSSR count). The van der Waals surface area contributed by atoms with Gasteiger partial charge in [-0.15, -0.1) is 0 Å². The molecule has 6 nitrogen and oxygen atoms in total. The summed E-state index contributed by atoms with van der Waals surface area (Å²) in [7, 11) is 0. The number of para-hydroxylation sites is 1. The van der Waals surface area contributed by atoms with Crippen LogP contribution in [0.15, 0.2) is 90.0 Å². The smallest absolute Gasteiger partial charge is 0.220 e. The zero-order valence-corrected chi connectivity index (χ0v) is 17.2. The molecule has 0 radical (unpaired) electrons. The van der Waals surface area contributed by atoms with Gasteiger partial charge in [-0.25, -0.2) is 9.97 Å². The number of H-pyrrole nitrogens is 1. The zero-order valence-electron chi connectivity index (χ0n) is 17.2. The van der Waals surface area contributed by atoms with Crippen molar-refractivity contribution in [2.75, 3.05) is 0 Å². The Morgan fingerprint density at radius 3 is 2.69 bits per heavy atom. The third-order valence-electron chi connectivity index (χ3n) is 5.57. The van der Waals surface area contributed by atoms with Crippen molar-refractivity contribution < 1.29 is 4.74 Å². The normalized spacial score (nSPS) is 11.4. The first-order chi connectivity index (χ1) is 15.7. The Labute approximate surface area is 182 Å². The van der Waals surface area contributed by atoms with Gasteiger partial charge in [-0.3, -0.25) is 9.36 Å². The number of nitrogens with one attached hydrogen (secondary N) is 1. The van der Waals surface area contributed by atoms with Gasteiger partial charge in [-0.05, 0) is 48.9 Å². The molecule has 0 aliphatic rings. The van der Waals surface area contributed by atoms with Gasteiger partial charge in [0.05, 0.1) is 16.6 Å². The van der Waals surface area contributed by atoms with Crippen LogP contribution >= 0.6 is 0 Å². The highest BCUT2D eigenvalue weighted by atomic mass is 16.5. The van der Waals surface area contributed by atoms with Crippen molar-refractivity contribution in [3.63, 3.8) is 0 Å². The van der Waals surface area contributed by atoms with Gasteiger partial charge in [0.1, 0.15) is 17.1 Å². The Morgan fingerprint density at radius 1 is 0.906 bits per heavy atom. The summed E-state index contributed by atoms with van der Waals surface area (Å²) in [6, 6.07) is 23.3. The van der Waals surface area contributed by atoms with Crippen LogP contribution in [0.25, 0.3) is 38.7 Å². The van der Waals surface area contributed by atoms with Gasteiger partial charge in [-0.1, -0.05) is 18.2 Å². The molecule has 0 saturated carbocycles. The molecular formula is C26H18N4O2. The fraction of sp³-hybridized carbons (Fsp3) is 0.0385. The van der Waals surface area contributed by atoms with Crippen molar-refractivity contribution in [3.05, 3.63) is 101 Å². The summed E-state index contributed by atoms with van der Waals surface area (Å²) in [5.74, 6) is 1.85. The molecule has 6 heteroatoms. The Kier molecular flexibility index (Phi) is 4.04.